The number of hydrogen-bond donors (Lipinski definition) is 0. The maximum Gasteiger partial charge on any atom is 0.254 e. The highest BCUT2D eigenvalue weighted by Gasteiger charge is 2.20. The maximum absolute atomic E-state index is 12.5. The molecule has 106 valence electrons. The van der Waals surface area contributed by atoms with E-state index in [1.54, 1.807) is 24.3 Å². The van der Waals surface area contributed by atoms with E-state index in [2.05, 4.69) is 18.2 Å². The summed E-state index contributed by atoms with van der Waals surface area (Å²) in [6.45, 7) is 1.42. The quantitative estimate of drug-likeness (QED) is 0.810. The van der Waals surface area contributed by atoms with Gasteiger partial charge in [-0.15, -0.1) is 0 Å². The van der Waals surface area contributed by atoms with Gasteiger partial charge in [-0.05, 0) is 41.8 Å². The Balaban J connectivity index is 1.77. The molecule has 3 rings (SSSR count). The molecular formula is C18H16ClNO. The second-order valence-corrected chi connectivity index (χ2v) is 5.55. The van der Waals surface area contributed by atoms with Crippen LogP contribution in [0.15, 0.2) is 60.7 Å². The van der Waals surface area contributed by atoms with Gasteiger partial charge in [-0.25, -0.2) is 0 Å². The van der Waals surface area contributed by atoms with E-state index in [9.17, 15) is 4.79 Å². The van der Waals surface area contributed by atoms with Gasteiger partial charge in [0.15, 0.2) is 0 Å². The predicted octanol–water partition coefficient (Wildman–Crippen LogP) is 4.27. The first-order valence-corrected chi connectivity index (χ1v) is 7.41. The van der Waals surface area contributed by atoms with Gasteiger partial charge < -0.3 is 4.90 Å². The summed E-state index contributed by atoms with van der Waals surface area (Å²) in [5, 5.41) is 0.648. The van der Waals surface area contributed by atoms with Crippen LogP contribution in [-0.4, -0.2) is 23.9 Å². The van der Waals surface area contributed by atoms with Crippen molar-refractivity contribution in [2.75, 3.05) is 13.1 Å². The Labute approximate surface area is 129 Å². The molecule has 2 aromatic rings. The van der Waals surface area contributed by atoms with Crippen molar-refractivity contribution in [2.24, 2.45) is 0 Å². The average Bonchev–Trinajstić information content (AvgIpc) is 2.56. The summed E-state index contributed by atoms with van der Waals surface area (Å²) in [7, 11) is 0. The highest BCUT2D eigenvalue weighted by molar-refractivity contribution is 6.30. The second-order valence-electron chi connectivity index (χ2n) is 5.12. The molecule has 0 spiro atoms. The van der Waals surface area contributed by atoms with Crippen LogP contribution in [0.25, 0.3) is 5.57 Å². The Hall–Kier alpha value is -2.06. The summed E-state index contributed by atoms with van der Waals surface area (Å²) in [5.74, 6) is 0.0631. The molecule has 1 heterocycles. The summed E-state index contributed by atoms with van der Waals surface area (Å²) in [4.78, 5) is 14.4. The predicted molar refractivity (Wildman–Crippen MR) is 86.4 cm³/mol. The first kappa shape index (κ1) is 13.9. The first-order chi connectivity index (χ1) is 10.2. The summed E-state index contributed by atoms with van der Waals surface area (Å²) >= 11 is 5.87. The molecule has 2 aromatic carbocycles. The summed E-state index contributed by atoms with van der Waals surface area (Å²) in [6, 6.07) is 17.3. The fourth-order valence-corrected chi connectivity index (χ4v) is 2.68. The SMILES string of the molecule is O=C(c1ccc(Cl)cc1)N1CCC=C(c2ccccc2)C1. The van der Waals surface area contributed by atoms with E-state index in [0.29, 0.717) is 17.1 Å². The molecule has 1 amide bonds. The lowest BCUT2D eigenvalue weighted by atomic mass is 10.0. The van der Waals surface area contributed by atoms with Gasteiger partial charge >= 0.3 is 0 Å². The summed E-state index contributed by atoms with van der Waals surface area (Å²) in [6.07, 6.45) is 3.12. The third-order valence-corrected chi connectivity index (χ3v) is 3.93. The summed E-state index contributed by atoms with van der Waals surface area (Å²) < 4.78 is 0. The van der Waals surface area contributed by atoms with Crippen molar-refractivity contribution in [1.82, 2.24) is 4.90 Å². The van der Waals surface area contributed by atoms with Gasteiger partial charge in [0, 0.05) is 23.7 Å². The topological polar surface area (TPSA) is 20.3 Å². The number of nitrogens with zero attached hydrogens (tertiary/aromatic N) is 1. The first-order valence-electron chi connectivity index (χ1n) is 7.03. The lowest BCUT2D eigenvalue weighted by molar-refractivity contribution is 0.0775. The number of benzene rings is 2. The molecule has 0 aromatic heterocycles. The van der Waals surface area contributed by atoms with Crippen molar-refractivity contribution in [3.63, 3.8) is 0 Å². The molecule has 0 bridgehead atoms. The molecule has 0 fully saturated rings. The van der Waals surface area contributed by atoms with Crippen LogP contribution in [0, 0.1) is 0 Å². The number of hydrogen-bond acceptors (Lipinski definition) is 1. The molecule has 0 N–H and O–H groups in total. The summed E-state index contributed by atoms with van der Waals surface area (Å²) in [5.41, 5.74) is 3.09. The molecule has 0 saturated heterocycles. The smallest absolute Gasteiger partial charge is 0.254 e. The molecule has 3 heteroatoms. The van der Waals surface area contributed by atoms with Crippen LogP contribution in [0.5, 0.6) is 0 Å². The largest absolute Gasteiger partial charge is 0.334 e. The normalized spacial score (nSPS) is 14.7. The zero-order chi connectivity index (χ0) is 14.7. The average molecular weight is 298 g/mol. The van der Waals surface area contributed by atoms with Crippen molar-refractivity contribution in [2.45, 2.75) is 6.42 Å². The number of carbonyl (C=O) groups excluding carboxylic acids is 1. The fourth-order valence-electron chi connectivity index (χ4n) is 2.55. The minimum Gasteiger partial charge on any atom is -0.334 e. The Bertz CT molecular complexity index is 661. The molecule has 1 aliphatic rings. The molecule has 0 aliphatic carbocycles. The van der Waals surface area contributed by atoms with Crippen molar-refractivity contribution in [3.8, 4) is 0 Å². The number of amides is 1. The van der Waals surface area contributed by atoms with Gasteiger partial charge in [-0.2, -0.15) is 0 Å². The van der Waals surface area contributed by atoms with E-state index in [-0.39, 0.29) is 5.91 Å². The Morgan fingerprint density at radius 1 is 1.00 bits per heavy atom. The van der Waals surface area contributed by atoms with Gasteiger partial charge in [0.2, 0.25) is 0 Å². The Kier molecular flexibility index (Phi) is 4.07. The number of halogens is 1. The Morgan fingerprint density at radius 2 is 1.71 bits per heavy atom. The fraction of sp³-hybridized carbons (Fsp3) is 0.167. The van der Waals surface area contributed by atoms with Gasteiger partial charge in [0.1, 0.15) is 0 Å². The van der Waals surface area contributed by atoms with E-state index < -0.39 is 0 Å². The van der Waals surface area contributed by atoms with Crippen molar-refractivity contribution in [1.29, 1.82) is 0 Å². The highest BCUT2D eigenvalue weighted by Crippen LogP contribution is 2.22. The van der Waals surface area contributed by atoms with Gasteiger partial charge in [0.05, 0.1) is 0 Å². The molecular weight excluding hydrogens is 282 g/mol. The molecule has 0 saturated carbocycles. The van der Waals surface area contributed by atoms with E-state index in [0.717, 1.165) is 13.0 Å². The van der Waals surface area contributed by atoms with Crippen LogP contribution in [-0.2, 0) is 0 Å². The van der Waals surface area contributed by atoms with Crippen LogP contribution >= 0.6 is 11.6 Å². The number of rotatable bonds is 2. The second kappa shape index (κ2) is 6.15. The third kappa shape index (κ3) is 3.17. The Morgan fingerprint density at radius 3 is 2.43 bits per heavy atom. The molecule has 2 nitrogen and oxygen atoms in total. The molecule has 0 atom stereocenters. The molecule has 0 unspecified atom stereocenters. The highest BCUT2D eigenvalue weighted by atomic mass is 35.5. The maximum atomic E-state index is 12.5. The lowest BCUT2D eigenvalue weighted by Crippen LogP contribution is -2.35. The van der Waals surface area contributed by atoms with E-state index in [1.165, 1.54) is 11.1 Å². The van der Waals surface area contributed by atoms with Crippen LogP contribution in [0.4, 0.5) is 0 Å². The van der Waals surface area contributed by atoms with Gasteiger partial charge in [0.25, 0.3) is 5.91 Å². The van der Waals surface area contributed by atoms with Crippen LogP contribution in [0.2, 0.25) is 5.02 Å². The van der Waals surface area contributed by atoms with E-state index in [4.69, 9.17) is 11.6 Å². The molecule has 0 radical (unpaired) electrons. The zero-order valence-electron chi connectivity index (χ0n) is 11.6. The van der Waals surface area contributed by atoms with Crippen molar-refractivity contribution >= 4 is 23.1 Å². The van der Waals surface area contributed by atoms with Crippen LogP contribution in [0.3, 0.4) is 0 Å². The van der Waals surface area contributed by atoms with Gasteiger partial charge in [-0.3, -0.25) is 4.79 Å². The van der Waals surface area contributed by atoms with E-state index in [1.807, 2.05) is 23.1 Å². The standard InChI is InChI=1S/C18H16ClNO/c19-17-10-8-15(9-11-17)18(21)20-12-4-7-16(13-20)14-5-2-1-3-6-14/h1-3,5-11H,4,12-13H2. The monoisotopic (exact) mass is 297 g/mol. The number of carbonyl (C=O) groups is 1. The minimum atomic E-state index is 0.0631. The van der Waals surface area contributed by atoms with Crippen LogP contribution in [0.1, 0.15) is 22.3 Å². The molecule has 21 heavy (non-hydrogen) atoms. The van der Waals surface area contributed by atoms with Crippen LogP contribution < -0.4 is 0 Å². The van der Waals surface area contributed by atoms with Crippen molar-refractivity contribution < 1.29 is 4.79 Å². The van der Waals surface area contributed by atoms with Crippen molar-refractivity contribution in [3.05, 3.63) is 76.8 Å². The third-order valence-electron chi connectivity index (χ3n) is 3.67. The molecule has 1 aliphatic heterocycles. The zero-order valence-corrected chi connectivity index (χ0v) is 12.4. The lowest BCUT2D eigenvalue weighted by Gasteiger charge is -2.27. The van der Waals surface area contributed by atoms with E-state index >= 15 is 0 Å². The minimum absolute atomic E-state index is 0.0631. The van der Waals surface area contributed by atoms with Gasteiger partial charge in [-0.1, -0.05) is 48.0 Å².